The highest BCUT2D eigenvalue weighted by molar-refractivity contribution is 5.71. The monoisotopic (exact) mass is 542 g/mol. The first-order valence-corrected chi connectivity index (χ1v) is 15.0. The molecule has 39 heavy (non-hydrogen) atoms. The fourth-order valence-electron chi connectivity index (χ4n) is 7.00. The normalized spacial score (nSPS) is 32.1. The second kappa shape index (κ2) is 12.0. The summed E-state index contributed by atoms with van der Waals surface area (Å²) in [5, 5.41) is 22.0. The SMILES string of the molecule is C=C1C(=CC=C2CCC[C@]3(C)C(CC)=CC[C@@H]23)C[C@](O)(OCC(=O)OC(CC(C)(C)C)CC(C)(C)C)C[C@@H]1O. The van der Waals surface area contributed by atoms with Crippen LogP contribution in [0, 0.1) is 22.2 Å². The molecule has 2 saturated carbocycles. The molecule has 0 radical (unpaired) electrons. The van der Waals surface area contributed by atoms with Crippen LogP contribution in [0.1, 0.15) is 113 Å². The fourth-order valence-corrected chi connectivity index (χ4v) is 7.00. The van der Waals surface area contributed by atoms with Gasteiger partial charge in [0.15, 0.2) is 5.79 Å². The van der Waals surface area contributed by atoms with E-state index < -0.39 is 17.9 Å². The lowest BCUT2D eigenvalue weighted by atomic mass is 9.64. The molecule has 0 aromatic carbocycles. The molecular formula is C34H54O5. The molecule has 0 amide bonds. The zero-order chi connectivity index (χ0) is 29.2. The molecule has 5 nitrogen and oxygen atoms in total. The topological polar surface area (TPSA) is 76.0 Å². The number of carbonyl (C=O) groups is 1. The molecule has 5 heteroatoms. The number of ether oxygens (including phenoxy) is 2. The van der Waals surface area contributed by atoms with Crippen LogP contribution in [0.3, 0.4) is 0 Å². The smallest absolute Gasteiger partial charge is 0.332 e. The largest absolute Gasteiger partial charge is 0.461 e. The minimum atomic E-state index is -1.65. The van der Waals surface area contributed by atoms with E-state index in [2.05, 4.69) is 74.1 Å². The summed E-state index contributed by atoms with van der Waals surface area (Å²) in [5.41, 5.74) is 4.65. The van der Waals surface area contributed by atoms with Crippen molar-refractivity contribution >= 4 is 5.97 Å². The third-order valence-electron chi connectivity index (χ3n) is 8.82. The molecule has 220 valence electrons. The van der Waals surface area contributed by atoms with Crippen LogP contribution >= 0.6 is 0 Å². The van der Waals surface area contributed by atoms with E-state index in [1.54, 1.807) is 5.57 Å². The summed E-state index contributed by atoms with van der Waals surface area (Å²) >= 11 is 0. The van der Waals surface area contributed by atoms with Gasteiger partial charge in [-0.05, 0) is 78.3 Å². The molecule has 0 aromatic heterocycles. The minimum absolute atomic E-state index is 0.0136. The van der Waals surface area contributed by atoms with E-state index in [0.717, 1.165) is 37.7 Å². The first-order chi connectivity index (χ1) is 17.9. The number of carbonyl (C=O) groups excluding carboxylic acids is 1. The molecule has 3 rings (SSSR count). The van der Waals surface area contributed by atoms with E-state index in [9.17, 15) is 15.0 Å². The van der Waals surface area contributed by atoms with Crippen molar-refractivity contribution in [1.29, 1.82) is 0 Å². The average molecular weight is 543 g/mol. The van der Waals surface area contributed by atoms with Crippen molar-refractivity contribution in [3.05, 3.63) is 47.1 Å². The Labute approximate surface area is 237 Å². The average Bonchev–Trinajstić information content (AvgIpc) is 3.13. The van der Waals surface area contributed by atoms with Gasteiger partial charge in [0.1, 0.15) is 12.7 Å². The molecule has 4 atom stereocenters. The molecule has 0 aliphatic heterocycles. The molecule has 0 heterocycles. The fraction of sp³-hybridized carbons (Fsp3) is 0.735. The zero-order valence-corrected chi connectivity index (χ0v) is 25.9. The van der Waals surface area contributed by atoms with Crippen LogP contribution in [0.2, 0.25) is 0 Å². The van der Waals surface area contributed by atoms with E-state index in [1.165, 1.54) is 18.4 Å². The number of aliphatic hydroxyl groups is 2. The maximum Gasteiger partial charge on any atom is 0.332 e. The van der Waals surface area contributed by atoms with Gasteiger partial charge in [0.25, 0.3) is 0 Å². The number of esters is 1. The van der Waals surface area contributed by atoms with Crippen molar-refractivity contribution in [3.8, 4) is 0 Å². The molecule has 0 bridgehead atoms. The number of aliphatic hydroxyl groups excluding tert-OH is 1. The van der Waals surface area contributed by atoms with Gasteiger partial charge < -0.3 is 19.7 Å². The van der Waals surface area contributed by atoms with E-state index in [1.807, 2.05) is 6.08 Å². The first kappa shape index (κ1) is 31.8. The van der Waals surface area contributed by atoms with Gasteiger partial charge in [0.2, 0.25) is 0 Å². The summed E-state index contributed by atoms with van der Waals surface area (Å²) in [6.07, 6.45) is 12.8. The lowest BCUT2D eigenvalue weighted by molar-refractivity contribution is -0.227. The summed E-state index contributed by atoms with van der Waals surface area (Å²) in [6.45, 7) is 21.2. The van der Waals surface area contributed by atoms with Crippen LogP contribution in [-0.4, -0.2) is 40.8 Å². The van der Waals surface area contributed by atoms with Gasteiger partial charge in [-0.25, -0.2) is 4.79 Å². The Hall–Kier alpha value is -1.69. The number of hydrogen-bond acceptors (Lipinski definition) is 5. The van der Waals surface area contributed by atoms with Crippen LogP contribution in [-0.2, 0) is 14.3 Å². The van der Waals surface area contributed by atoms with Crippen molar-refractivity contribution < 1.29 is 24.5 Å². The molecule has 0 spiro atoms. The summed E-state index contributed by atoms with van der Waals surface area (Å²) in [7, 11) is 0. The molecule has 2 N–H and O–H groups in total. The Balaban J connectivity index is 1.68. The van der Waals surface area contributed by atoms with Crippen LogP contribution in [0.5, 0.6) is 0 Å². The number of allylic oxidation sites excluding steroid dienone is 5. The van der Waals surface area contributed by atoms with Gasteiger partial charge in [-0.2, -0.15) is 0 Å². The van der Waals surface area contributed by atoms with Gasteiger partial charge in [-0.1, -0.05) is 91.3 Å². The van der Waals surface area contributed by atoms with Gasteiger partial charge in [-0.3, -0.25) is 0 Å². The summed E-state index contributed by atoms with van der Waals surface area (Å²) < 4.78 is 11.6. The van der Waals surface area contributed by atoms with Crippen LogP contribution in [0.4, 0.5) is 0 Å². The third-order valence-corrected chi connectivity index (χ3v) is 8.82. The lowest BCUT2D eigenvalue weighted by Crippen LogP contribution is -2.43. The molecule has 0 unspecified atom stereocenters. The van der Waals surface area contributed by atoms with Crippen LogP contribution < -0.4 is 0 Å². The summed E-state index contributed by atoms with van der Waals surface area (Å²) in [6, 6.07) is 0. The maximum atomic E-state index is 12.8. The molecular weight excluding hydrogens is 488 g/mol. The van der Waals surface area contributed by atoms with Gasteiger partial charge in [0, 0.05) is 12.8 Å². The van der Waals surface area contributed by atoms with Crippen molar-refractivity contribution in [2.45, 2.75) is 131 Å². The predicted molar refractivity (Wildman–Crippen MR) is 158 cm³/mol. The summed E-state index contributed by atoms with van der Waals surface area (Å²) in [5.74, 6) is -1.63. The van der Waals surface area contributed by atoms with Gasteiger partial charge in [-0.15, -0.1) is 0 Å². The van der Waals surface area contributed by atoms with E-state index in [4.69, 9.17) is 9.47 Å². The molecule has 3 aliphatic rings. The highest BCUT2D eigenvalue weighted by Crippen LogP contribution is 2.55. The van der Waals surface area contributed by atoms with Crippen molar-refractivity contribution in [3.63, 3.8) is 0 Å². The van der Waals surface area contributed by atoms with E-state index >= 15 is 0 Å². The van der Waals surface area contributed by atoms with Crippen LogP contribution in [0.15, 0.2) is 47.1 Å². The molecule has 0 saturated heterocycles. The number of rotatable bonds is 8. The second-order valence-corrected chi connectivity index (χ2v) is 14.9. The Morgan fingerprint density at radius 1 is 1.18 bits per heavy atom. The molecule has 3 aliphatic carbocycles. The quantitative estimate of drug-likeness (QED) is 0.188. The molecule has 2 fully saturated rings. The minimum Gasteiger partial charge on any atom is -0.461 e. The Morgan fingerprint density at radius 2 is 1.82 bits per heavy atom. The third kappa shape index (κ3) is 8.41. The number of hydrogen-bond donors (Lipinski definition) is 2. The predicted octanol–water partition coefficient (Wildman–Crippen LogP) is 7.59. The van der Waals surface area contributed by atoms with Crippen molar-refractivity contribution in [1.82, 2.24) is 0 Å². The van der Waals surface area contributed by atoms with E-state index in [0.29, 0.717) is 11.5 Å². The Kier molecular flexibility index (Phi) is 9.83. The Morgan fingerprint density at radius 3 is 2.41 bits per heavy atom. The van der Waals surface area contributed by atoms with Gasteiger partial charge >= 0.3 is 5.97 Å². The first-order valence-electron chi connectivity index (χ1n) is 15.0. The van der Waals surface area contributed by atoms with E-state index in [-0.39, 0.29) is 41.8 Å². The highest BCUT2D eigenvalue weighted by Gasteiger charge is 2.44. The van der Waals surface area contributed by atoms with Crippen LogP contribution in [0.25, 0.3) is 0 Å². The highest BCUT2D eigenvalue weighted by atomic mass is 16.6. The summed E-state index contributed by atoms with van der Waals surface area (Å²) in [4.78, 5) is 12.8. The standard InChI is InChI=1S/C34H54O5/c1-10-26-15-16-28-24(12-11-17-33(26,28)9)13-14-25-18-34(37,21-29(35)23(25)2)38-22-30(36)39-27(19-31(3,4)5)20-32(6,7)8/h13-15,27-29,35,37H,2,10-12,16-22H2,1,3-9H3/t28-,29-,33+,34-/m0/s1. The lowest BCUT2D eigenvalue weighted by Gasteiger charge is -2.41. The Bertz CT molecular complexity index is 988. The zero-order valence-electron chi connectivity index (χ0n) is 25.9. The maximum absolute atomic E-state index is 12.8. The van der Waals surface area contributed by atoms with Crippen molar-refractivity contribution in [2.24, 2.45) is 22.2 Å². The van der Waals surface area contributed by atoms with Gasteiger partial charge in [0.05, 0.1) is 6.10 Å². The van der Waals surface area contributed by atoms with Crippen molar-refractivity contribution in [2.75, 3.05) is 6.61 Å². The molecule has 0 aromatic rings. The second-order valence-electron chi connectivity index (χ2n) is 14.9. The number of fused-ring (bicyclic) bond motifs is 1.